The number of pyridine rings is 5. The number of aliphatic hydroxyl groups is 1. The van der Waals surface area contributed by atoms with Gasteiger partial charge in [0, 0.05) is 73.3 Å². The van der Waals surface area contributed by atoms with Crippen LogP contribution in [0, 0.1) is 17.8 Å². The van der Waals surface area contributed by atoms with E-state index in [0.717, 1.165) is 77.9 Å². The SMILES string of the molecule is CCOc1nccc(CCOc2ncnc(CCCc3ncccc3-c3cc4cc(NC(=O)C5CC5F)ncc4n3C)c2-c2cc3cc(NC(=O)C4CC4F)ncc3n2C)c1-c1cc2cc(NC(O)C3CC3F)ncc2n1C. The Morgan fingerprint density at radius 3 is 1.79 bits per heavy atom. The Bertz CT molecular complexity index is 3810. The maximum absolute atomic E-state index is 13.8. The third-order valence-corrected chi connectivity index (χ3v) is 15.1. The number of aryl methyl sites for hydroxylation is 5. The van der Waals surface area contributed by atoms with Crippen LogP contribution in [0.2, 0.25) is 0 Å². The van der Waals surface area contributed by atoms with Crippen molar-refractivity contribution in [2.24, 2.45) is 38.9 Å². The van der Waals surface area contributed by atoms with E-state index in [2.05, 4.69) is 35.9 Å². The first-order valence-corrected chi connectivity index (χ1v) is 26.2. The van der Waals surface area contributed by atoms with E-state index in [1.54, 1.807) is 43.1 Å². The van der Waals surface area contributed by atoms with Crippen LogP contribution >= 0.6 is 0 Å². The van der Waals surface area contributed by atoms with E-state index in [9.17, 15) is 27.9 Å². The number of nitrogens with one attached hydrogen (secondary N) is 3. The van der Waals surface area contributed by atoms with Gasteiger partial charge in [0.25, 0.3) is 0 Å². The quantitative estimate of drug-likeness (QED) is 0.0526. The Morgan fingerprint density at radius 1 is 0.641 bits per heavy atom. The number of alkyl halides is 3. The summed E-state index contributed by atoms with van der Waals surface area (Å²) in [5.41, 5.74) is 9.86. The molecule has 12 rings (SSSR count). The summed E-state index contributed by atoms with van der Waals surface area (Å²) in [4.78, 5) is 57.9. The summed E-state index contributed by atoms with van der Waals surface area (Å²) in [6.45, 7) is 2.48. The Morgan fingerprint density at radius 2 is 1.19 bits per heavy atom. The van der Waals surface area contributed by atoms with Crippen molar-refractivity contribution in [1.29, 1.82) is 0 Å². The van der Waals surface area contributed by atoms with Crippen molar-refractivity contribution in [2.45, 2.75) is 76.6 Å². The second-order valence-electron chi connectivity index (χ2n) is 20.4. The number of aliphatic hydroxyl groups excluding tert-OH is 1. The summed E-state index contributed by atoms with van der Waals surface area (Å²) in [6.07, 6.45) is 8.67. The molecule has 3 fully saturated rings. The number of halogens is 3. The molecule has 2 amide bonds. The number of carbonyl (C=O) groups is 2. The molecule has 0 aromatic carbocycles. The third kappa shape index (κ3) is 9.82. The fourth-order valence-electron chi connectivity index (χ4n) is 10.4. The first-order chi connectivity index (χ1) is 37.8. The van der Waals surface area contributed by atoms with E-state index in [-0.39, 0.29) is 25.4 Å². The molecule has 78 heavy (non-hydrogen) atoms. The number of carbonyl (C=O) groups excluding carboxylic acids is 2. The summed E-state index contributed by atoms with van der Waals surface area (Å²) >= 11 is 0. The van der Waals surface area contributed by atoms with Crippen molar-refractivity contribution in [2.75, 3.05) is 29.2 Å². The molecule has 0 bridgehead atoms. The molecule has 0 spiro atoms. The highest BCUT2D eigenvalue weighted by molar-refractivity contribution is 5.98. The van der Waals surface area contributed by atoms with E-state index < -0.39 is 48.4 Å². The number of anilines is 3. The maximum Gasteiger partial charge on any atom is 0.231 e. The van der Waals surface area contributed by atoms with Gasteiger partial charge < -0.3 is 44.2 Å². The van der Waals surface area contributed by atoms with E-state index >= 15 is 0 Å². The molecule has 0 saturated heterocycles. The van der Waals surface area contributed by atoms with Gasteiger partial charge in [0.15, 0.2) is 0 Å². The number of hydrogen-bond donors (Lipinski definition) is 4. The van der Waals surface area contributed by atoms with Crippen molar-refractivity contribution in [1.82, 2.24) is 48.6 Å². The molecule has 0 radical (unpaired) electrons. The minimum atomic E-state index is -1.14. The smallest absolute Gasteiger partial charge is 0.231 e. The molecular weight excluding hydrogens is 1000 g/mol. The lowest BCUT2D eigenvalue weighted by molar-refractivity contribution is -0.118. The molecule has 0 aliphatic heterocycles. The average Bonchev–Trinajstić information content (AvgIpc) is 4.49. The second kappa shape index (κ2) is 20.5. The zero-order valence-electron chi connectivity index (χ0n) is 43.3. The van der Waals surface area contributed by atoms with Gasteiger partial charge in [0.1, 0.15) is 48.5 Å². The minimum absolute atomic E-state index is 0.197. The van der Waals surface area contributed by atoms with Crippen LogP contribution in [0.1, 0.15) is 49.6 Å². The summed E-state index contributed by atoms with van der Waals surface area (Å²) in [5.74, 6) is -0.600. The highest BCUT2D eigenvalue weighted by Gasteiger charge is 2.45. The second-order valence-corrected chi connectivity index (χ2v) is 20.4. The first kappa shape index (κ1) is 50.4. The van der Waals surface area contributed by atoms with Crippen LogP contribution in [-0.4, -0.2) is 103 Å². The number of nitrogens with zero attached hydrogens (tertiary/aromatic N) is 10. The van der Waals surface area contributed by atoms with Crippen molar-refractivity contribution < 1.29 is 37.3 Å². The monoisotopic (exact) mass is 1060 g/mol. The lowest BCUT2D eigenvalue weighted by Crippen LogP contribution is -2.22. The lowest BCUT2D eigenvalue weighted by atomic mass is 10.0. The molecule has 3 aliphatic rings. The number of amides is 2. The predicted octanol–water partition coefficient (Wildman–Crippen LogP) is 8.80. The molecule has 21 heteroatoms. The Kier molecular flexibility index (Phi) is 13.2. The summed E-state index contributed by atoms with van der Waals surface area (Å²) in [6, 6.07) is 17.3. The highest BCUT2D eigenvalue weighted by Crippen LogP contribution is 2.41. The average molecular weight is 1060 g/mol. The summed E-state index contributed by atoms with van der Waals surface area (Å²) < 4.78 is 60.1. The molecule has 4 N–H and O–H groups in total. The van der Waals surface area contributed by atoms with Crippen molar-refractivity contribution in [3.05, 3.63) is 109 Å². The highest BCUT2D eigenvalue weighted by atomic mass is 19.1. The first-order valence-electron chi connectivity index (χ1n) is 26.2. The van der Waals surface area contributed by atoms with E-state index in [1.807, 2.05) is 84.2 Å². The van der Waals surface area contributed by atoms with Gasteiger partial charge in [-0.25, -0.2) is 43.1 Å². The predicted molar refractivity (Wildman–Crippen MR) is 288 cm³/mol. The Labute approximate surface area is 445 Å². The van der Waals surface area contributed by atoms with E-state index in [1.165, 1.54) is 6.33 Å². The van der Waals surface area contributed by atoms with Crippen LogP contribution in [0.25, 0.3) is 66.5 Å². The topological polar surface area (TPSA) is 214 Å². The van der Waals surface area contributed by atoms with Crippen molar-refractivity contribution >= 4 is 62.0 Å². The molecule has 9 heterocycles. The molecular formula is C57H56F3N13O5. The van der Waals surface area contributed by atoms with Crippen LogP contribution < -0.4 is 25.4 Å². The fourth-order valence-corrected chi connectivity index (χ4v) is 10.4. The van der Waals surface area contributed by atoms with Gasteiger partial charge in [-0.1, -0.05) is 0 Å². The lowest BCUT2D eigenvalue weighted by Gasteiger charge is -2.17. The molecule has 9 aromatic rings. The molecule has 7 unspecified atom stereocenters. The van der Waals surface area contributed by atoms with Gasteiger partial charge in [-0.15, -0.1) is 0 Å². The summed E-state index contributed by atoms with van der Waals surface area (Å²) in [7, 11) is 5.82. The Hall–Kier alpha value is -8.46. The van der Waals surface area contributed by atoms with E-state index in [4.69, 9.17) is 24.4 Å². The largest absolute Gasteiger partial charge is 0.477 e. The normalized spacial score (nSPS) is 19.7. The number of aromatic nitrogens is 10. The van der Waals surface area contributed by atoms with Crippen molar-refractivity contribution in [3.8, 4) is 45.5 Å². The molecule has 3 aliphatic carbocycles. The molecule has 18 nitrogen and oxygen atoms in total. The van der Waals surface area contributed by atoms with Crippen LogP contribution in [-0.2, 0) is 50.0 Å². The van der Waals surface area contributed by atoms with E-state index in [0.29, 0.717) is 73.5 Å². The maximum atomic E-state index is 13.8. The number of fused-ring (bicyclic) bond motifs is 3. The molecule has 3 saturated carbocycles. The van der Waals surface area contributed by atoms with Gasteiger partial charge in [-0.05, 0) is 106 Å². The van der Waals surface area contributed by atoms with Gasteiger partial charge in [-0.3, -0.25) is 14.6 Å². The van der Waals surface area contributed by atoms with Gasteiger partial charge in [0.05, 0.1) is 94.1 Å². The van der Waals surface area contributed by atoms with Gasteiger partial charge >= 0.3 is 0 Å². The van der Waals surface area contributed by atoms with Gasteiger partial charge in [0.2, 0.25) is 23.6 Å². The number of rotatable bonds is 20. The molecule has 400 valence electrons. The van der Waals surface area contributed by atoms with Crippen LogP contribution in [0.4, 0.5) is 30.6 Å². The molecule has 9 aromatic heterocycles. The van der Waals surface area contributed by atoms with Crippen molar-refractivity contribution in [3.63, 3.8) is 0 Å². The van der Waals surface area contributed by atoms with Crippen LogP contribution in [0.3, 0.4) is 0 Å². The fraction of sp³-hybridized carbons (Fsp3) is 0.351. The van der Waals surface area contributed by atoms with Crippen LogP contribution in [0.5, 0.6) is 11.8 Å². The summed E-state index contributed by atoms with van der Waals surface area (Å²) in [5, 5.41) is 21.5. The third-order valence-electron chi connectivity index (χ3n) is 15.1. The zero-order chi connectivity index (χ0) is 53.9. The van der Waals surface area contributed by atoms with Crippen LogP contribution in [0.15, 0.2) is 91.9 Å². The van der Waals surface area contributed by atoms with Gasteiger partial charge in [-0.2, -0.15) is 0 Å². The standard InChI is InChI=1S/C57H56F3N13O5/c1-5-77-56-51(43-17-31-20-49(64-26-46(31)72(43)3)69-54(75)35-23-38(35)59)29(11-14-62-56)12-15-78-57-52(44-18-32-21-50(65-27-47(32)73(44)4)70-55(76)36-24-39(36)60)41(66-28-67-57)10-6-9-40-33(8-7-13-61-40)42-16-30-19-48(63-25-45(30)71(42)2)68-53(74)34-22-37(34)58/h7-8,11,13-14,16-21,25-28,34-39,54,75H,5-6,9-10,12,15,22-24H2,1-4H3,(H,64,69)(H,63,68,74)(H,65,70,76). The number of hydrogen-bond acceptors (Lipinski definition) is 13. The number of ether oxygens (including phenoxy) is 2. The molecule has 7 atom stereocenters. The minimum Gasteiger partial charge on any atom is -0.477 e. The Balaban J connectivity index is 0.834. The zero-order valence-corrected chi connectivity index (χ0v) is 43.3.